The second kappa shape index (κ2) is 7.88. The Morgan fingerprint density at radius 1 is 1.17 bits per heavy atom. The molecule has 0 spiro atoms. The fourth-order valence-corrected chi connectivity index (χ4v) is 3.64. The highest BCUT2D eigenvalue weighted by Crippen LogP contribution is 2.25. The van der Waals surface area contributed by atoms with Crippen LogP contribution in [-0.2, 0) is 9.59 Å². The number of carbonyl (C=O) groups excluding carboxylic acids is 2. The van der Waals surface area contributed by atoms with Crippen LogP contribution >= 0.6 is 11.6 Å². The molecule has 1 aromatic carbocycles. The molecule has 0 radical (unpaired) electrons. The van der Waals surface area contributed by atoms with Gasteiger partial charge >= 0.3 is 11.8 Å². The summed E-state index contributed by atoms with van der Waals surface area (Å²) in [5.41, 5.74) is 1.11. The quantitative estimate of drug-likeness (QED) is 0.852. The molecule has 24 heavy (non-hydrogen) atoms. The molecule has 130 valence electrons. The van der Waals surface area contributed by atoms with Gasteiger partial charge in [-0.3, -0.25) is 9.59 Å². The summed E-state index contributed by atoms with van der Waals surface area (Å²) in [5, 5.41) is 3.55. The van der Waals surface area contributed by atoms with Gasteiger partial charge < -0.3 is 15.1 Å². The van der Waals surface area contributed by atoms with Crippen LogP contribution in [0.4, 0.5) is 5.69 Å². The number of benzene rings is 1. The summed E-state index contributed by atoms with van der Waals surface area (Å²) in [4.78, 5) is 28.1. The number of anilines is 1. The first-order valence-electron chi connectivity index (χ1n) is 8.71. The molecule has 5 nitrogen and oxygen atoms in total. The van der Waals surface area contributed by atoms with Crippen molar-refractivity contribution in [2.75, 3.05) is 37.6 Å². The largest absolute Gasteiger partial charge is 0.371 e. The molecule has 2 saturated heterocycles. The maximum atomic E-state index is 12.1. The highest BCUT2D eigenvalue weighted by Gasteiger charge is 2.26. The highest BCUT2D eigenvalue weighted by atomic mass is 35.5. The van der Waals surface area contributed by atoms with Gasteiger partial charge in [0.2, 0.25) is 0 Å². The van der Waals surface area contributed by atoms with Crippen molar-refractivity contribution in [1.29, 1.82) is 0 Å². The van der Waals surface area contributed by atoms with Crippen LogP contribution in [0.1, 0.15) is 25.7 Å². The van der Waals surface area contributed by atoms with Crippen LogP contribution in [0.2, 0.25) is 5.02 Å². The average Bonchev–Trinajstić information content (AvgIpc) is 3.09. The van der Waals surface area contributed by atoms with Crippen molar-refractivity contribution in [2.24, 2.45) is 5.92 Å². The van der Waals surface area contributed by atoms with E-state index in [2.05, 4.69) is 10.2 Å². The summed E-state index contributed by atoms with van der Waals surface area (Å²) in [7, 11) is 0. The molecule has 1 aromatic rings. The lowest BCUT2D eigenvalue weighted by Gasteiger charge is -2.26. The first kappa shape index (κ1) is 17.1. The topological polar surface area (TPSA) is 52.7 Å². The van der Waals surface area contributed by atoms with Crippen molar-refractivity contribution in [2.45, 2.75) is 25.7 Å². The summed E-state index contributed by atoms with van der Waals surface area (Å²) in [6.45, 7) is 3.78. The minimum absolute atomic E-state index is 0.363. The highest BCUT2D eigenvalue weighted by molar-refractivity contribution is 6.35. The van der Waals surface area contributed by atoms with E-state index in [1.165, 1.54) is 0 Å². The maximum absolute atomic E-state index is 12.1. The summed E-state index contributed by atoms with van der Waals surface area (Å²) in [6, 6.07) is 7.82. The Hall–Kier alpha value is -1.75. The van der Waals surface area contributed by atoms with Crippen LogP contribution in [0.3, 0.4) is 0 Å². The van der Waals surface area contributed by atoms with Gasteiger partial charge in [-0.1, -0.05) is 17.7 Å². The SMILES string of the molecule is O=C(NCC1CCN(c2cccc(Cl)c2)C1)C(=O)N1CCCCC1. The Bertz CT molecular complexity index is 602. The Kier molecular flexibility index (Phi) is 5.61. The minimum atomic E-state index is -0.460. The summed E-state index contributed by atoms with van der Waals surface area (Å²) < 4.78 is 0. The number of nitrogens with zero attached hydrogens (tertiary/aromatic N) is 2. The molecule has 6 heteroatoms. The van der Waals surface area contributed by atoms with Gasteiger partial charge in [-0.05, 0) is 49.8 Å². The van der Waals surface area contributed by atoms with E-state index in [9.17, 15) is 9.59 Å². The predicted octanol–water partition coefficient (Wildman–Crippen LogP) is 2.29. The number of amides is 2. The third-order valence-electron chi connectivity index (χ3n) is 4.85. The van der Waals surface area contributed by atoms with Crippen molar-refractivity contribution in [3.05, 3.63) is 29.3 Å². The number of halogens is 1. The van der Waals surface area contributed by atoms with Gasteiger partial charge in [-0.2, -0.15) is 0 Å². The summed E-state index contributed by atoms with van der Waals surface area (Å²) in [5.74, 6) is -0.473. The second-order valence-electron chi connectivity index (χ2n) is 6.64. The molecule has 1 N–H and O–H groups in total. The van der Waals surface area contributed by atoms with Gasteiger partial charge in [0.15, 0.2) is 0 Å². The van der Waals surface area contributed by atoms with Crippen molar-refractivity contribution in [3.63, 3.8) is 0 Å². The van der Waals surface area contributed by atoms with E-state index in [1.54, 1.807) is 4.90 Å². The molecule has 0 bridgehead atoms. The molecule has 2 aliphatic heterocycles. The second-order valence-corrected chi connectivity index (χ2v) is 7.08. The number of nitrogens with one attached hydrogen (secondary N) is 1. The molecule has 1 unspecified atom stereocenters. The third kappa shape index (κ3) is 4.20. The summed E-state index contributed by atoms with van der Waals surface area (Å²) in [6.07, 6.45) is 4.14. The Morgan fingerprint density at radius 3 is 2.71 bits per heavy atom. The Labute approximate surface area is 147 Å². The van der Waals surface area contributed by atoms with E-state index in [0.29, 0.717) is 25.6 Å². The lowest BCUT2D eigenvalue weighted by molar-refractivity contribution is -0.146. The molecule has 3 rings (SSSR count). The van der Waals surface area contributed by atoms with Crippen LogP contribution in [0, 0.1) is 5.92 Å². The van der Waals surface area contributed by atoms with Crippen molar-refractivity contribution < 1.29 is 9.59 Å². The van der Waals surface area contributed by atoms with E-state index in [-0.39, 0.29) is 5.91 Å². The number of carbonyl (C=O) groups is 2. The molecule has 2 amide bonds. The Morgan fingerprint density at radius 2 is 1.96 bits per heavy atom. The lowest BCUT2D eigenvalue weighted by Crippen LogP contribution is -2.46. The molecule has 0 aliphatic carbocycles. The molecular formula is C18H24ClN3O2. The molecular weight excluding hydrogens is 326 g/mol. The van der Waals surface area contributed by atoms with E-state index < -0.39 is 5.91 Å². The Balaban J connectivity index is 1.45. The number of hydrogen-bond donors (Lipinski definition) is 1. The van der Waals surface area contributed by atoms with Crippen molar-refractivity contribution >= 4 is 29.1 Å². The molecule has 0 saturated carbocycles. The van der Waals surface area contributed by atoms with Crippen LogP contribution in [0.15, 0.2) is 24.3 Å². The van der Waals surface area contributed by atoms with E-state index in [4.69, 9.17) is 11.6 Å². The van der Waals surface area contributed by atoms with Crippen LogP contribution < -0.4 is 10.2 Å². The predicted molar refractivity (Wildman–Crippen MR) is 95.2 cm³/mol. The van der Waals surface area contributed by atoms with E-state index in [0.717, 1.165) is 49.5 Å². The fraction of sp³-hybridized carbons (Fsp3) is 0.556. The zero-order valence-electron chi connectivity index (χ0n) is 13.8. The fourth-order valence-electron chi connectivity index (χ4n) is 3.46. The van der Waals surface area contributed by atoms with E-state index in [1.807, 2.05) is 24.3 Å². The standard InChI is InChI=1S/C18H24ClN3O2/c19-15-5-4-6-16(11-15)22-10-7-14(13-22)12-20-17(23)18(24)21-8-2-1-3-9-21/h4-6,11,14H,1-3,7-10,12-13H2,(H,20,23). The summed E-state index contributed by atoms with van der Waals surface area (Å²) >= 11 is 6.05. The van der Waals surface area contributed by atoms with Gasteiger partial charge in [0.1, 0.15) is 0 Å². The number of likely N-dealkylation sites (tertiary alicyclic amines) is 1. The minimum Gasteiger partial charge on any atom is -0.371 e. The van der Waals surface area contributed by atoms with Gasteiger partial charge in [-0.15, -0.1) is 0 Å². The first-order chi connectivity index (χ1) is 11.6. The number of piperidine rings is 1. The van der Waals surface area contributed by atoms with E-state index >= 15 is 0 Å². The monoisotopic (exact) mass is 349 g/mol. The molecule has 2 heterocycles. The van der Waals surface area contributed by atoms with Gasteiger partial charge in [0.05, 0.1) is 0 Å². The smallest absolute Gasteiger partial charge is 0.311 e. The van der Waals surface area contributed by atoms with Crippen LogP contribution in [-0.4, -0.2) is 49.4 Å². The average molecular weight is 350 g/mol. The molecule has 1 atom stereocenters. The van der Waals surface area contributed by atoms with Gasteiger partial charge in [0, 0.05) is 43.4 Å². The molecule has 2 fully saturated rings. The molecule has 2 aliphatic rings. The maximum Gasteiger partial charge on any atom is 0.311 e. The van der Waals surface area contributed by atoms with Crippen LogP contribution in [0.25, 0.3) is 0 Å². The van der Waals surface area contributed by atoms with Crippen molar-refractivity contribution in [3.8, 4) is 0 Å². The normalized spacial score (nSPS) is 21.0. The number of rotatable bonds is 3. The van der Waals surface area contributed by atoms with Gasteiger partial charge in [-0.25, -0.2) is 0 Å². The zero-order chi connectivity index (χ0) is 16.9. The zero-order valence-corrected chi connectivity index (χ0v) is 14.6. The first-order valence-corrected chi connectivity index (χ1v) is 9.09. The van der Waals surface area contributed by atoms with Crippen molar-refractivity contribution in [1.82, 2.24) is 10.2 Å². The third-order valence-corrected chi connectivity index (χ3v) is 5.08. The van der Waals surface area contributed by atoms with Gasteiger partial charge in [0.25, 0.3) is 0 Å². The lowest BCUT2D eigenvalue weighted by atomic mass is 10.1. The van der Waals surface area contributed by atoms with Crippen LogP contribution in [0.5, 0.6) is 0 Å². The molecule has 0 aromatic heterocycles. The number of hydrogen-bond acceptors (Lipinski definition) is 3.